The first kappa shape index (κ1) is 24.3. The molecule has 1 amide bonds. The average molecular weight is 517 g/mol. The highest BCUT2D eigenvalue weighted by atomic mass is 16.5. The van der Waals surface area contributed by atoms with E-state index < -0.39 is 0 Å². The van der Waals surface area contributed by atoms with Crippen LogP contribution in [0, 0.1) is 0 Å². The Morgan fingerprint density at radius 2 is 1.84 bits per heavy atom. The molecule has 3 aromatic heterocycles. The van der Waals surface area contributed by atoms with Gasteiger partial charge in [-0.15, -0.1) is 0 Å². The maximum absolute atomic E-state index is 12.1. The van der Waals surface area contributed by atoms with E-state index in [2.05, 4.69) is 25.5 Å². The molecule has 2 N–H and O–H groups in total. The number of aromatic nitrogens is 6. The van der Waals surface area contributed by atoms with Crippen molar-refractivity contribution in [1.29, 1.82) is 0 Å². The number of nitrogens with one attached hydrogen (secondary N) is 2. The van der Waals surface area contributed by atoms with Crippen LogP contribution in [0.25, 0.3) is 16.9 Å². The molecule has 1 aromatic carbocycles. The van der Waals surface area contributed by atoms with E-state index in [0.717, 1.165) is 74.9 Å². The number of fused-ring (bicyclic) bond motifs is 1. The first-order chi connectivity index (χ1) is 18.7. The quantitative estimate of drug-likeness (QED) is 0.327. The summed E-state index contributed by atoms with van der Waals surface area (Å²) in [5.74, 6) is 1.40. The van der Waals surface area contributed by atoms with Gasteiger partial charge in [-0.2, -0.15) is 9.97 Å². The number of hydrogen-bond acceptors (Lipinski definition) is 9. The first-order valence-corrected chi connectivity index (χ1v) is 13.1. The van der Waals surface area contributed by atoms with Crippen LogP contribution >= 0.6 is 0 Å². The smallest absolute Gasteiger partial charge is 0.231 e. The highest BCUT2D eigenvalue weighted by molar-refractivity contribution is 5.85. The second-order valence-corrected chi connectivity index (χ2v) is 9.51. The summed E-state index contributed by atoms with van der Waals surface area (Å²) in [4.78, 5) is 34.7. The fourth-order valence-corrected chi connectivity index (χ4v) is 4.87. The predicted octanol–water partition coefficient (Wildman–Crippen LogP) is 2.12. The zero-order valence-corrected chi connectivity index (χ0v) is 21.3. The number of imidazole rings is 2. The number of likely N-dealkylation sites (tertiary alicyclic amines) is 1. The summed E-state index contributed by atoms with van der Waals surface area (Å²) in [5.41, 5.74) is 3.35. The molecule has 0 bridgehead atoms. The van der Waals surface area contributed by atoms with Crippen molar-refractivity contribution in [1.82, 2.24) is 38.9 Å². The van der Waals surface area contributed by atoms with Crippen LogP contribution in [0.5, 0.6) is 0 Å². The molecule has 0 spiro atoms. The summed E-state index contributed by atoms with van der Waals surface area (Å²) in [6.07, 6.45) is 8.78. The van der Waals surface area contributed by atoms with Gasteiger partial charge in [0.05, 0.1) is 25.9 Å². The van der Waals surface area contributed by atoms with Crippen molar-refractivity contribution in [3.63, 3.8) is 0 Å². The van der Waals surface area contributed by atoms with Crippen molar-refractivity contribution in [2.45, 2.75) is 19.4 Å². The van der Waals surface area contributed by atoms with Crippen LogP contribution in [0.4, 0.5) is 17.5 Å². The summed E-state index contributed by atoms with van der Waals surface area (Å²) < 4.78 is 9.41. The van der Waals surface area contributed by atoms with Crippen molar-refractivity contribution >= 4 is 34.5 Å². The van der Waals surface area contributed by atoms with Gasteiger partial charge >= 0.3 is 0 Å². The van der Waals surface area contributed by atoms with Gasteiger partial charge in [0.1, 0.15) is 0 Å². The van der Waals surface area contributed by atoms with Gasteiger partial charge in [0.15, 0.2) is 17.0 Å². The fourth-order valence-electron chi connectivity index (χ4n) is 4.87. The number of ether oxygens (including phenoxy) is 1. The molecule has 2 saturated heterocycles. The van der Waals surface area contributed by atoms with Gasteiger partial charge in [-0.05, 0) is 30.7 Å². The topological polar surface area (TPSA) is 118 Å². The van der Waals surface area contributed by atoms with E-state index in [-0.39, 0.29) is 5.91 Å². The van der Waals surface area contributed by atoms with Crippen LogP contribution in [0.2, 0.25) is 0 Å². The van der Waals surface area contributed by atoms with E-state index in [9.17, 15) is 4.79 Å². The molecule has 2 aliphatic rings. The lowest BCUT2D eigenvalue weighted by molar-refractivity contribution is -0.127. The molecule has 2 aliphatic heterocycles. The maximum Gasteiger partial charge on any atom is 0.231 e. The minimum atomic E-state index is 0.219. The van der Waals surface area contributed by atoms with Crippen molar-refractivity contribution < 1.29 is 9.53 Å². The molecule has 6 rings (SSSR count). The summed E-state index contributed by atoms with van der Waals surface area (Å²) in [6, 6.07) is 8.01. The third-order valence-electron chi connectivity index (χ3n) is 7.00. The molecule has 2 fully saturated rings. The Bertz CT molecular complexity index is 1360. The fraction of sp³-hybridized carbons (Fsp3) is 0.423. The zero-order chi connectivity index (χ0) is 25.7. The third kappa shape index (κ3) is 5.46. The van der Waals surface area contributed by atoms with Gasteiger partial charge < -0.3 is 29.4 Å². The third-order valence-corrected chi connectivity index (χ3v) is 7.00. The number of benzene rings is 1. The molecule has 0 atom stereocenters. The van der Waals surface area contributed by atoms with E-state index in [1.54, 1.807) is 18.9 Å². The van der Waals surface area contributed by atoms with Gasteiger partial charge in [-0.25, -0.2) is 9.97 Å². The number of rotatable bonds is 10. The molecule has 4 aromatic rings. The Balaban J connectivity index is 1.22. The number of nitrogens with zero attached hydrogens (tertiary/aromatic N) is 8. The Labute approximate surface area is 220 Å². The second kappa shape index (κ2) is 11.2. The van der Waals surface area contributed by atoms with Crippen LogP contribution in [-0.4, -0.2) is 97.3 Å². The number of amides is 1. The molecule has 12 heteroatoms. The van der Waals surface area contributed by atoms with E-state index in [4.69, 9.17) is 14.7 Å². The van der Waals surface area contributed by atoms with Crippen molar-refractivity contribution in [2.24, 2.45) is 0 Å². The second-order valence-electron chi connectivity index (χ2n) is 9.51. The molecule has 12 nitrogen and oxygen atoms in total. The standard InChI is InChI=1S/C26H32N10O2/c37-22-2-1-9-34(22)12-13-36-19-29-23-24(28-8-10-33-14-16-38-17-15-33)31-26(32-25(23)36)30-20-3-5-21(6-4-20)35-11-7-27-18-35/h3-7,11,18-19H,1-2,8-10,12-17H2,(H2,28,30,31,32). The summed E-state index contributed by atoms with van der Waals surface area (Å²) >= 11 is 0. The number of carbonyl (C=O) groups excluding carboxylic acids is 1. The van der Waals surface area contributed by atoms with Gasteiger partial charge in [-0.3, -0.25) is 9.69 Å². The number of hydrogen-bond donors (Lipinski definition) is 2. The van der Waals surface area contributed by atoms with Gasteiger partial charge in [0.25, 0.3) is 0 Å². The normalized spacial score (nSPS) is 16.4. The molecule has 0 saturated carbocycles. The maximum atomic E-state index is 12.1. The number of carbonyl (C=O) groups is 1. The molecular weight excluding hydrogens is 484 g/mol. The Kier molecular flexibility index (Phi) is 7.14. The van der Waals surface area contributed by atoms with Crippen LogP contribution in [0.3, 0.4) is 0 Å². The summed E-state index contributed by atoms with van der Waals surface area (Å²) in [6.45, 7) is 7.14. The molecule has 0 radical (unpaired) electrons. The predicted molar refractivity (Wildman–Crippen MR) is 144 cm³/mol. The Hall–Kier alpha value is -4.03. The van der Waals surface area contributed by atoms with Crippen LogP contribution in [0.15, 0.2) is 49.3 Å². The van der Waals surface area contributed by atoms with Gasteiger partial charge in [0, 0.05) is 76.0 Å². The van der Waals surface area contributed by atoms with E-state index in [1.807, 2.05) is 44.5 Å². The van der Waals surface area contributed by atoms with E-state index >= 15 is 0 Å². The van der Waals surface area contributed by atoms with Crippen LogP contribution in [0.1, 0.15) is 12.8 Å². The first-order valence-electron chi connectivity index (χ1n) is 13.1. The Morgan fingerprint density at radius 3 is 2.61 bits per heavy atom. The van der Waals surface area contributed by atoms with E-state index in [0.29, 0.717) is 31.3 Å². The monoisotopic (exact) mass is 516 g/mol. The lowest BCUT2D eigenvalue weighted by Crippen LogP contribution is -2.39. The van der Waals surface area contributed by atoms with Crippen molar-refractivity contribution in [2.75, 3.05) is 63.1 Å². The minimum absolute atomic E-state index is 0.219. The number of morpholine rings is 1. The summed E-state index contributed by atoms with van der Waals surface area (Å²) in [7, 11) is 0. The minimum Gasteiger partial charge on any atom is -0.379 e. The van der Waals surface area contributed by atoms with Gasteiger partial charge in [0.2, 0.25) is 11.9 Å². The average Bonchev–Trinajstić information content (AvgIpc) is 3.71. The molecule has 5 heterocycles. The van der Waals surface area contributed by atoms with Crippen molar-refractivity contribution in [3.8, 4) is 5.69 Å². The lowest BCUT2D eigenvalue weighted by Gasteiger charge is -2.26. The van der Waals surface area contributed by atoms with Crippen LogP contribution < -0.4 is 10.6 Å². The molecule has 198 valence electrons. The van der Waals surface area contributed by atoms with E-state index in [1.165, 1.54) is 0 Å². The molecule has 0 aliphatic carbocycles. The lowest BCUT2D eigenvalue weighted by atomic mass is 10.3. The molecular formula is C26H32N10O2. The highest BCUT2D eigenvalue weighted by Crippen LogP contribution is 2.24. The van der Waals surface area contributed by atoms with Gasteiger partial charge in [-0.1, -0.05) is 0 Å². The number of anilines is 3. The SMILES string of the molecule is O=C1CCCN1CCn1cnc2c(NCCN3CCOCC3)nc(Nc3ccc(-n4ccnc4)cc3)nc21. The van der Waals surface area contributed by atoms with Crippen molar-refractivity contribution in [3.05, 3.63) is 49.3 Å². The Morgan fingerprint density at radius 1 is 0.974 bits per heavy atom. The zero-order valence-electron chi connectivity index (χ0n) is 21.3. The highest BCUT2D eigenvalue weighted by Gasteiger charge is 2.21. The largest absolute Gasteiger partial charge is 0.379 e. The molecule has 38 heavy (non-hydrogen) atoms. The molecule has 0 unspecified atom stereocenters. The summed E-state index contributed by atoms with van der Waals surface area (Å²) in [5, 5.41) is 6.83. The van der Waals surface area contributed by atoms with Crippen LogP contribution in [-0.2, 0) is 16.1 Å².